The van der Waals surface area contributed by atoms with Crippen LogP contribution in [0.5, 0.6) is 0 Å². The fraction of sp³-hybridized carbons (Fsp3) is 0.235. The second kappa shape index (κ2) is 4.82. The van der Waals surface area contributed by atoms with Crippen molar-refractivity contribution in [1.29, 1.82) is 0 Å². The lowest BCUT2D eigenvalue weighted by Gasteiger charge is -2.25. The Morgan fingerprint density at radius 2 is 1.95 bits per heavy atom. The van der Waals surface area contributed by atoms with Gasteiger partial charge >= 0.3 is 0 Å². The molecule has 1 aliphatic rings. The summed E-state index contributed by atoms with van der Waals surface area (Å²) < 4.78 is 0. The van der Waals surface area contributed by atoms with Gasteiger partial charge in [-0.3, -0.25) is 4.79 Å². The average molecular weight is 271 g/mol. The smallest absolute Gasteiger partial charge is 0.163 e. The maximum atomic E-state index is 12.0. The van der Waals surface area contributed by atoms with Gasteiger partial charge < -0.3 is 0 Å². The Morgan fingerprint density at radius 3 is 2.74 bits per heavy atom. The molecule has 0 radical (unpaired) electrons. The molecule has 96 valence electrons. The standard InChI is InChI=1S/C17H15ClO/c1-11-10-12(6-8-16(11)18)13-7-9-17(19)15-5-3-2-4-14(13)15/h2-6,8,10,13H,7,9H2,1H3/t13-/m0/s1. The van der Waals surface area contributed by atoms with Crippen molar-refractivity contribution in [2.24, 2.45) is 0 Å². The number of carbonyl (C=O) groups excluding carboxylic acids is 1. The SMILES string of the molecule is Cc1cc([C@@H]2CCC(=O)c3ccccc32)ccc1Cl. The molecule has 0 aromatic heterocycles. The van der Waals surface area contributed by atoms with Crippen molar-refractivity contribution in [2.75, 3.05) is 0 Å². The first-order valence-corrected chi connectivity index (χ1v) is 6.93. The van der Waals surface area contributed by atoms with Crippen LogP contribution in [-0.4, -0.2) is 5.78 Å². The largest absolute Gasteiger partial charge is 0.294 e. The third kappa shape index (κ3) is 2.19. The molecule has 19 heavy (non-hydrogen) atoms. The molecule has 0 N–H and O–H groups in total. The molecule has 0 spiro atoms. The van der Waals surface area contributed by atoms with Gasteiger partial charge in [0.1, 0.15) is 0 Å². The fourth-order valence-corrected chi connectivity index (χ4v) is 2.97. The number of aryl methyl sites for hydroxylation is 1. The predicted octanol–water partition coefficient (Wildman–Crippen LogP) is 4.76. The number of hydrogen-bond acceptors (Lipinski definition) is 1. The van der Waals surface area contributed by atoms with Crippen LogP contribution in [0.2, 0.25) is 5.02 Å². The first-order chi connectivity index (χ1) is 9.16. The summed E-state index contributed by atoms with van der Waals surface area (Å²) in [5.74, 6) is 0.572. The van der Waals surface area contributed by atoms with Crippen LogP contribution in [0.4, 0.5) is 0 Å². The van der Waals surface area contributed by atoms with E-state index >= 15 is 0 Å². The van der Waals surface area contributed by atoms with Gasteiger partial charge in [-0.05, 0) is 36.1 Å². The second-order valence-corrected chi connectivity index (χ2v) is 5.52. The van der Waals surface area contributed by atoms with E-state index < -0.39 is 0 Å². The Hall–Kier alpha value is -1.60. The summed E-state index contributed by atoms with van der Waals surface area (Å²) in [6.45, 7) is 2.02. The van der Waals surface area contributed by atoms with Gasteiger partial charge in [0.2, 0.25) is 0 Å². The van der Waals surface area contributed by atoms with Gasteiger partial charge in [0, 0.05) is 22.9 Å². The molecule has 0 aliphatic heterocycles. The Morgan fingerprint density at radius 1 is 1.16 bits per heavy atom. The number of rotatable bonds is 1. The van der Waals surface area contributed by atoms with Gasteiger partial charge in [0.05, 0.1) is 0 Å². The van der Waals surface area contributed by atoms with E-state index in [9.17, 15) is 4.79 Å². The summed E-state index contributed by atoms with van der Waals surface area (Å²) in [5.41, 5.74) is 4.38. The number of hydrogen-bond donors (Lipinski definition) is 0. The zero-order chi connectivity index (χ0) is 13.4. The van der Waals surface area contributed by atoms with E-state index in [1.807, 2.05) is 31.2 Å². The van der Waals surface area contributed by atoms with E-state index in [0.717, 1.165) is 28.1 Å². The molecule has 1 atom stereocenters. The monoisotopic (exact) mass is 270 g/mol. The summed E-state index contributed by atoms with van der Waals surface area (Å²) >= 11 is 6.09. The van der Waals surface area contributed by atoms with Gasteiger partial charge in [-0.2, -0.15) is 0 Å². The van der Waals surface area contributed by atoms with Crippen molar-refractivity contribution in [3.05, 3.63) is 69.7 Å². The quantitative estimate of drug-likeness (QED) is 0.730. The summed E-state index contributed by atoms with van der Waals surface area (Å²) in [7, 11) is 0. The number of ketones is 1. The van der Waals surface area contributed by atoms with E-state index in [0.29, 0.717) is 12.3 Å². The molecule has 0 bridgehead atoms. The van der Waals surface area contributed by atoms with Gasteiger partial charge in [-0.25, -0.2) is 0 Å². The molecule has 0 unspecified atom stereocenters. The third-order valence-corrected chi connectivity index (χ3v) is 4.31. The van der Waals surface area contributed by atoms with Gasteiger partial charge in [0.25, 0.3) is 0 Å². The molecule has 2 heteroatoms. The maximum Gasteiger partial charge on any atom is 0.163 e. The Balaban J connectivity index is 2.09. The first-order valence-electron chi connectivity index (χ1n) is 6.55. The Bertz CT molecular complexity index is 645. The summed E-state index contributed by atoms with van der Waals surface area (Å²) in [6, 6.07) is 14.1. The van der Waals surface area contributed by atoms with E-state index in [-0.39, 0.29) is 5.78 Å². The normalized spacial score (nSPS) is 18.2. The van der Waals surface area contributed by atoms with Crippen LogP contribution in [0.1, 0.15) is 45.8 Å². The number of fused-ring (bicyclic) bond motifs is 1. The minimum absolute atomic E-state index is 0.262. The van der Waals surface area contributed by atoms with Crippen molar-refractivity contribution in [3.8, 4) is 0 Å². The highest BCUT2D eigenvalue weighted by Crippen LogP contribution is 2.37. The number of Topliss-reactive ketones (excluding diaryl/α,β-unsaturated/α-hetero) is 1. The third-order valence-electron chi connectivity index (χ3n) is 3.88. The van der Waals surface area contributed by atoms with E-state index in [2.05, 4.69) is 18.2 Å². The molecule has 0 saturated carbocycles. The molecule has 0 amide bonds. The van der Waals surface area contributed by atoms with E-state index in [1.54, 1.807) is 0 Å². The molecule has 1 nitrogen and oxygen atoms in total. The molecule has 0 fully saturated rings. The maximum absolute atomic E-state index is 12.0. The number of benzene rings is 2. The minimum atomic E-state index is 0.262. The van der Waals surface area contributed by atoms with Crippen LogP contribution in [0.25, 0.3) is 0 Å². The Kier molecular flexibility index (Phi) is 3.16. The van der Waals surface area contributed by atoms with Crippen LogP contribution in [0, 0.1) is 6.92 Å². The highest BCUT2D eigenvalue weighted by Gasteiger charge is 2.26. The van der Waals surface area contributed by atoms with Crippen LogP contribution < -0.4 is 0 Å². The lowest BCUT2D eigenvalue weighted by molar-refractivity contribution is 0.0969. The lowest BCUT2D eigenvalue weighted by Crippen LogP contribution is -2.16. The molecule has 0 saturated heterocycles. The van der Waals surface area contributed by atoms with Crippen molar-refractivity contribution >= 4 is 17.4 Å². The fourth-order valence-electron chi connectivity index (χ4n) is 2.85. The number of carbonyl (C=O) groups is 1. The summed E-state index contributed by atoms with van der Waals surface area (Å²) in [6.07, 6.45) is 1.51. The zero-order valence-corrected chi connectivity index (χ0v) is 11.6. The van der Waals surface area contributed by atoms with Crippen molar-refractivity contribution in [2.45, 2.75) is 25.7 Å². The van der Waals surface area contributed by atoms with Gasteiger partial charge in [0.15, 0.2) is 5.78 Å². The average Bonchev–Trinajstić information content (AvgIpc) is 2.43. The summed E-state index contributed by atoms with van der Waals surface area (Å²) in [4.78, 5) is 12.0. The first kappa shape index (κ1) is 12.4. The Labute approximate surface area is 118 Å². The number of halogens is 1. The zero-order valence-electron chi connectivity index (χ0n) is 10.8. The highest BCUT2D eigenvalue weighted by atomic mass is 35.5. The molecular formula is C17H15ClO. The molecule has 3 rings (SSSR count). The van der Waals surface area contributed by atoms with Crippen molar-refractivity contribution in [1.82, 2.24) is 0 Å². The van der Waals surface area contributed by atoms with Crippen LogP contribution in [0.3, 0.4) is 0 Å². The predicted molar refractivity (Wildman–Crippen MR) is 78.0 cm³/mol. The van der Waals surface area contributed by atoms with Crippen LogP contribution >= 0.6 is 11.6 Å². The minimum Gasteiger partial charge on any atom is -0.294 e. The second-order valence-electron chi connectivity index (χ2n) is 5.11. The van der Waals surface area contributed by atoms with Crippen LogP contribution in [-0.2, 0) is 0 Å². The van der Waals surface area contributed by atoms with Gasteiger partial charge in [-0.1, -0.05) is 48.0 Å². The van der Waals surface area contributed by atoms with Gasteiger partial charge in [-0.15, -0.1) is 0 Å². The molecule has 0 heterocycles. The summed E-state index contributed by atoms with van der Waals surface area (Å²) in [5, 5.41) is 0.795. The van der Waals surface area contributed by atoms with Crippen molar-refractivity contribution < 1.29 is 4.79 Å². The topological polar surface area (TPSA) is 17.1 Å². The molecular weight excluding hydrogens is 256 g/mol. The van der Waals surface area contributed by atoms with Crippen LogP contribution in [0.15, 0.2) is 42.5 Å². The molecule has 2 aromatic carbocycles. The highest BCUT2D eigenvalue weighted by molar-refractivity contribution is 6.31. The lowest BCUT2D eigenvalue weighted by atomic mass is 9.78. The van der Waals surface area contributed by atoms with Crippen molar-refractivity contribution in [3.63, 3.8) is 0 Å². The molecule has 2 aromatic rings. The van der Waals surface area contributed by atoms with E-state index in [4.69, 9.17) is 11.6 Å². The van der Waals surface area contributed by atoms with E-state index in [1.165, 1.54) is 5.56 Å². The molecule has 1 aliphatic carbocycles.